The van der Waals surface area contributed by atoms with Crippen LogP contribution in [-0.2, 0) is 10.0 Å². The van der Waals surface area contributed by atoms with Gasteiger partial charge in [-0.25, -0.2) is 13.6 Å². The second kappa shape index (κ2) is 5.57. The summed E-state index contributed by atoms with van der Waals surface area (Å²) >= 11 is 0. The second-order valence-electron chi connectivity index (χ2n) is 5.59. The van der Waals surface area contributed by atoms with E-state index >= 15 is 0 Å². The highest BCUT2D eigenvalue weighted by molar-refractivity contribution is 7.89. The number of hydrogen-bond donors (Lipinski definition) is 1. The van der Waals surface area contributed by atoms with Crippen LogP contribution in [0.4, 0.5) is 0 Å². The fourth-order valence-corrected chi connectivity index (χ4v) is 2.88. The zero-order chi connectivity index (χ0) is 15.8. The van der Waals surface area contributed by atoms with Crippen molar-refractivity contribution < 1.29 is 8.42 Å². The maximum absolute atomic E-state index is 11.6. The standard InChI is InChI=1S/C14H20N4O2S/c1-9(2)11-5-7-12(8-6-11)13-16-17-14(21(15,19)20)18(13)10(3)4/h5-10H,1-4H3,(H2,15,19,20). The highest BCUT2D eigenvalue weighted by atomic mass is 32.2. The molecule has 1 heterocycles. The lowest BCUT2D eigenvalue weighted by atomic mass is 10.0. The fourth-order valence-electron chi connectivity index (χ4n) is 2.15. The minimum atomic E-state index is -3.90. The molecule has 0 atom stereocenters. The molecule has 0 saturated heterocycles. The molecular weight excluding hydrogens is 288 g/mol. The number of nitrogens with two attached hydrogens (primary N) is 1. The quantitative estimate of drug-likeness (QED) is 0.938. The third-order valence-electron chi connectivity index (χ3n) is 3.27. The summed E-state index contributed by atoms with van der Waals surface area (Å²) in [7, 11) is -3.90. The molecule has 0 aliphatic rings. The molecule has 2 aromatic rings. The topological polar surface area (TPSA) is 90.9 Å². The molecule has 0 radical (unpaired) electrons. The number of rotatable bonds is 4. The molecule has 2 rings (SSSR count). The average Bonchev–Trinajstić information content (AvgIpc) is 2.83. The van der Waals surface area contributed by atoms with Crippen molar-refractivity contribution >= 4 is 10.0 Å². The zero-order valence-electron chi connectivity index (χ0n) is 12.6. The monoisotopic (exact) mass is 308 g/mol. The van der Waals surface area contributed by atoms with Crippen molar-refractivity contribution in [3.8, 4) is 11.4 Å². The van der Waals surface area contributed by atoms with Gasteiger partial charge in [-0.15, -0.1) is 10.2 Å². The molecule has 0 spiro atoms. The van der Waals surface area contributed by atoms with E-state index in [2.05, 4.69) is 24.0 Å². The van der Waals surface area contributed by atoms with Gasteiger partial charge in [0.1, 0.15) is 0 Å². The van der Waals surface area contributed by atoms with Gasteiger partial charge in [-0.1, -0.05) is 38.1 Å². The van der Waals surface area contributed by atoms with E-state index in [9.17, 15) is 8.42 Å². The zero-order valence-corrected chi connectivity index (χ0v) is 13.4. The molecular formula is C14H20N4O2S. The van der Waals surface area contributed by atoms with E-state index in [4.69, 9.17) is 5.14 Å². The number of hydrogen-bond acceptors (Lipinski definition) is 4. The van der Waals surface area contributed by atoms with Gasteiger partial charge in [0.15, 0.2) is 5.82 Å². The fraction of sp³-hybridized carbons (Fsp3) is 0.429. The van der Waals surface area contributed by atoms with E-state index in [0.29, 0.717) is 11.7 Å². The Balaban J connectivity index is 2.57. The van der Waals surface area contributed by atoms with Gasteiger partial charge in [0, 0.05) is 11.6 Å². The first-order valence-corrected chi connectivity index (χ1v) is 8.34. The van der Waals surface area contributed by atoms with E-state index < -0.39 is 10.0 Å². The third-order valence-corrected chi connectivity index (χ3v) is 4.06. The molecule has 21 heavy (non-hydrogen) atoms. The van der Waals surface area contributed by atoms with Crippen molar-refractivity contribution in [3.63, 3.8) is 0 Å². The summed E-state index contributed by atoms with van der Waals surface area (Å²) in [6.45, 7) is 7.96. The molecule has 0 fully saturated rings. The van der Waals surface area contributed by atoms with Crippen LogP contribution in [0.5, 0.6) is 0 Å². The average molecular weight is 308 g/mol. The number of benzene rings is 1. The Bertz CT molecular complexity index is 731. The van der Waals surface area contributed by atoms with Crippen molar-refractivity contribution in [1.82, 2.24) is 14.8 Å². The Morgan fingerprint density at radius 3 is 2.05 bits per heavy atom. The first-order chi connectivity index (χ1) is 9.71. The Morgan fingerprint density at radius 2 is 1.62 bits per heavy atom. The maximum Gasteiger partial charge on any atom is 0.273 e. The van der Waals surface area contributed by atoms with Crippen LogP contribution in [0.3, 0.4) is 0 Å². The molecule has 7 heteroatoms. The van der Waals surface area contributed by atoms with Gasteiger partial charge in [-0.05, 0) is 25.3 Å². The Labute approximate surface area is 125 Å². The summed E-state index contributed by atoms with van der Waals surface area (Å²) in [6, 6.07) is 7.75. The van der Waals surface area contributed by atoms with Gasteiger partial charge in [0.25, 0.3) is 15.2 Å². The number of aromatic nitrogens is 3. The molecule has 0 bridgehead atoms. The summed E-state index contributed by atoms with van der Waals surface area (Å²) in [6.07, 6.45) is 0. The van der Waals surface area contributed by atoms with Crippen molar-refractivity contribution in [2.24, 2.45) is 5.14 Å². The lowest BCUT2D eigenvalue weighted by molar-refractivity contribution is 0.524. The van der Waals surface area contributed by atoms with E-state index in [1.807, 2.05) is 38.1 Å². The number of sulfonamides is 1. The van der Waals surface area contributed by atoms with Crippen LogP contribution in [0.15, 0.2) is 29.4 Å². The summed E-state index contributed by atoms with van der Waals surface area (Å²) in [5.74, 6) is 0.936. The Hall–Kier alpha value is -1.73. The normalized spacial score (nSPS) is 12.3. The molecule has 6 nitrogen and oxygen atoms in total. The first-order valence-electron chi connectivity index (χ1n) is 6.80. The third kappa shape index (κ3) is 3.14. The van der Waals surface area contributed by atoms with Crippen LogP contribution in [0.2, 0.25) is 0 Å². The molecule has 0 saturated carbocycles. The van der Waals surface area contributed by atoms with E-state index in [1.165, 1.54) is 5.56 Å². The van der Waals surface area contributed by atoms with Crippen LogP contribution >= 0.6 is 0 Å². The minimum Gasteiger partial charge on any atom is -0.294 e. The van der Waals surface area contributed by atoms with Crippen molar-refractivity contribution in [2.45, 2.75) is 44.8 Å². The molecule has 1 aromatic heterocycles. The van der Waals surface area contributed by atoms with Crippen LogP contribution < -0.4 is 5.14 Å². The summed E-state index contributed by atoms with van der Waals surface area (Å²) in [5.41, 5.74) is 2.02. The summed E-state index contributed by atoms with van der Waals surface area (Å²) in [4.78, 5) is 0. The highest BCUT2D eigenvalue weighted by Crippen LogP contribution is 2.25. The molecule has 1 aromatic carbocycles. The Morgan fingerprint density at radius 1 is 1.05 bits per heavy atom. The van der Waals surface area contributed by atoms with Crippen molar-refractivity contribution in [3.05, 3.63) is 29.8 Å². The van der Waals surface area contributed by atoms with Crippen molar-refractivity contribution in [1.29, 1.82) is 0 Å². The second-order valence-corrected chi connectivity index (χ2v) is 7.05. The largest absolute Gasteiger partial charge is 0.294 e. The minimum absolute atomic E-state index is 0.117. The van der Waals surface area contributed by atoms with Gasteiger partial charge in [-0.3, -0.25) is 4.57 Å². The van der Waals surface area contributed by atoms with Gasteiger partial charge in [0.05, 0.1) is 0 Å². The smallest absolute Gasteiger partial charge is 0.273 e. The lowest BCUT2D eigenvalue weighted by Gasteiger charge is -2.13. The highest BCUT2D eigenvalue weighted by Gasteiger charge is 2.23. The lowest BCUT2D eigenvalue weighted by Crippen LogP contribution is -2.20. The molecule has 2 N–H and O–H groups in total. The van der Waals surface area contributed by atoms with Gasteiger partial charge < -0.3 is 0 Å². The number of nitrogens with zero attached hydrogens (tertiary/aromatic N) is 3. The van der Waals surface area contributed by atoms with Crippen LogP contribution in [0.1, 0.15) is 45.2 Å². The van der Waals surface area contributed by atoms with Crippen LogP contribution in [0, 0.1) is 0 Å². The summed E-state index contributed by atoms with van der Waals surface area (Å²) in [5, 5.41) is 12.7. The molecule has 0 unspecified atom stereocenters. The van der Waals surface area contributed by atoms with Crippen molar-refractivity contribution in [2.75, 3.05) is 0 Å². The molecule has 0 aliphatic heterocycles. The van der Waals surface area contributed by atoms with Gasteiger partial charge in [0.2, 0.25) is 0 Å². The predicted octanol–water partition coefficient (Wildman–Crippen LogP) is 2.30. The van der Waals surface area contributed by atoms with Crippen LogP contribution in [-0.4, -0.2) is 23.2 Å². The molecule has 114 valence electrons. The Kier molecular flexibility index (Phi) is 4.15. The van der Waals surface area contributed by atoms with E-state index in [-0.39, 0.29) is 11.2 Å². The first kappa shape index (κ1) is 15.7. The summed E-state index contributed by atoms with van der Waals surface area (Å²) < 4.78 is 24.7. The van der Waals surface area contributed by atoms with Gasteiger partial charge >= 0.3 is 0 Å². The predicted molar refractivity (Wildman–Crippen MR) is 81.3 cm³/mol. The SMILES string of the molecule is CC(C)c1ccc(-c2nnc(S(N)(=O)=O)n2C(C)C)cc1. The van der Waals surface area contributed by atoms with Crippen LogP contribution in [0.25, 0.3) is 11.4 Å². The molecule has 0 amide bonds. The molecule has 0 aliphatic carbocycles. The van der Waals surface area contributed by atoms with Gasteiger partial charge in [-0.2, -0.15) is 0 Å². The number of primary sulfonamides is 1. The maximum atomic E-state index is 11.6. The van der Waals surface area contributed by atoms with E-state index in [1.54, 1.807) is 4.57 Å². The van der Waals surface area contributed by atoms with E-state index in [0.717, 1.165) is 5.56 Å².